The van der Waals surface area contributed by atoms with E-state index in [9.17, 15) is 9.18 Å². The molecule has 0 aliphatic carbocycles. The van der Waals surface area contributed by atoms with Gasteiger partial charge in [0.2, 0.25) is 5.91 Å². The van der Waals surface area contributed by atoms with Gasteiger partial charge in [-0.25, -0.2) is 4.39 Å². The molecule has 5 heteroatoms. The minimum atomic E-state index is -0.340. The summed E-state index contributed by atoms with van der Waals surface area (Å²) in [5.41, 5.74) is 7.02. The smallest absolute Gasteiger partial charge is 0.226 e. The second kappa shape index (κ2) is 9.40. The van der Waals surface area contributed by atoms with Gasteiger partial charge in [0.05, 0.1) is 0 Å². The highest BCUT2D eigenvalue weighted by Crippen LogP contribution is 2.19. The number of benzene rings is 2. The zero-order valence-corrected chi connectivity index (χ0v) is 14.3. The fourth-order valence-electron chi connectivity index (χ4n) is 2.59. The monoisotopic (exact) mass is 348 g/mol. The molecule has 1 aliphatic rings. The molecule has 1 aliphatic heterocycles. The van der Waals surface area contributed by atoms with E-state index in [0.717, 1.165) is 25.1 Å². The summed E-state index contributed by atoms with van der Waals surface area (Å²) in [7, 11) is 0. The third-order valence-corrected chi connectivity index (χ3v) is 4.02. The molecule has 1 heterocycles. The summed E-state index contributed by atoms with van der Waals surface area (Å²) in [5.74, 6) is -0.0679. The Morgan fingerprint density at radius 3 is 2.50 bits per heavy atom. The summed E-state index contributed by atoms with van der Waals surface area (Å²) in [6, 6.07) is 14.2. The number of amides is 1. The molecule has 0 radical (unpaired) electrons. The molecule has 2 aromatic carbocycles. The Morgan fingerprint density at radius 1 is 1.08 bits per heavy atom. The van der Waals surface area contributed by atoms with Crippen molar-refractivity contribution in [1.29, 1.82) is 0 Å². The first kappa shape index (κ1) is 18.4. The Kier molecular flexibility index (Phi) is 7.22. The zero-order chi connectivity index (χ0) is 17.4. The highest BCUT2D eigenvalue weighted by Gasteiger charge is 2.17. The van der Waals surface area contributed by atoms with Gasteiger partial charge in [0, 0.05) is 30.2 Å². The van der Waals surface area contributed by atoms with E-state index in [-0.39, 0.29) is 11.7 Å². The van der Waals surface area contributed by atoms with Crippen molar-refractivity contribution < 1.29 is 9.18 Å². The average Bonchev–Trinajstić information content (AvgIpc) is 2.80. The topological polar surface area (TPSA) is 46.3 Å². The van der Waals surface area contributed by atoms with Crippen molar-refractivity contribution in [1.82, 2.24) is 0 Å². The number of rotatable bonds is 2. The minimum absolute atomic E-state index is 0.272. The first-order chi connectivity index (χ1) is 11.6. The van der Waals surface area contributed by atoms with Gasteiger partial charge in [-0.3, -0.25) is 4.79 Å². The maximum Gasteiger partial charge on any atom is 0.226 e. The quantitative estimate of drug-likeness (QED) is 0.866. The number of hydrogen-bond donors (Lipinski definition) is 1. The standard InChI is InChI=1S/C12H15NO.C7H7ClFN/c14-12-9-5-2-6-10-13(12)11-7-3-1-4-8-11;8-6-1-5(4-10)2-7(9)3-6/h1,3-4,7-8H,2,5-6,9-10H2;1-3H,4,10H2. The predicted octanol–water partition coefficient (Wildman–Crippen LogP) is 4.53. The molecule has 24 heavy (non-hydrogen) atoms. The van der Waals surface area contributed by atoms with Gasteiger partial charge in [-0.15, -0.1) is 0 Å². The number of carbonyl (C=O) groups is 1. The van der Waals surface area contributed by atoms with Crippen LogP contribution in [0.2, 0.25) is 5.02 Å². The average molecular weight is 349 g/mol. The molecule has 3 nitrogen and oxygen atoms in total. The highest BCUT2D eigenvalue weighted by molar-refractivity contribution is 6.30. The van der Waals surface area contributed by atoms with Crippen molar-refractivity contribution in [2.45, 2.75) is 32.2 Å². The van der Waals surface area contributed by atoms with Crippen LogP contribution in [0.1, 0.15) is 31.2 Å². The maximum atomic E-state index is 12.5. The maximum absolute atomic E-state index is 12.5. The van der Waals surface area contributed by atoms with Gasteiger partial charge in [-0.2, -0.15) is 0 Å². The Balaban J connectivity index is 0.000000185. The van der Waals surface area contributed by atoms with Crippen molar-refractivity contribution in [3.63, 3.8) is 0 Å². The second-order valence-corrected chi connectivity index (χ2v) is 6.11. The van der Waals surface area contributed by atoms with Crippen molar-refractivity contribution in [2.75, 3.05) is 11.4 Å². The first-order valence-electron chi connectivity index (χ1n) is 8.10. The number of anilines is 1. The molecule has 128 valence electrons. The van der Waals surface area contributed by atoms with E-state index in [0.29, 0.717) is 23.6 Å². The lowest BCUT2D eigenvalue weighted by Gasteiger charge is -2.20. The van der Waals surface area contributed by atoms with Gasteiger partial charge in [0.15, 0.2) is 0 Å². The fraction of sp³-hybridized carbons (Fsp3) is 0.316. The molecule has 0 unspecified atom stereocenters. The molecule has 3 rings (SSSR count). The van der Waals surface area contributed by atoms with Crippen LogP contribution >= 0.6 is 11.6 Å². The highest BCUT2D eigenvalue weighted by atomic mass is 35.5. The van der Waals surface area contributed by atoms with Gasteiger partial charge < -0.3 is 10.6 Å². The number of hydrogen-bond acceptors (Lipinski definition) is 2. The van der Waals surface area contributed by atoms with E-state index in [2.05, 4.69) is 0 Å². The summed E-state index contributed by atoms with van der Waals surface area (Å²) in [6.07, 6.45) is 4.05. The van der Waals surface area contributed by atoms with Gasteiger partial charge in [0.1, 0.15) is 5.82 Å². The third-order valence-electron chi connectivity index (χ3n) is 3.80. The van der Waals surface area contributed by atoms with E-state index in [1.54, 1.807) is 6.07 Å². The van der Waals surface area contributed by atoms with Crippen molar-refractivity contribution in [2.24, 2.45) is 5.73 Å². The summed E-state index contributed by atoms with van der Waals surface area (Å²) in [4.78, 5) is 13.7. The molecular weight excluding hydrogens is 327 g/mol. The Morgan fingerprint density at radius 2 is 1.83 bits per heavy atom. The van der Waals surface area contributed by atoms with Gasteiger partial charge in [-0.05, 0) is 48.7 Å². The molecule has 0 atom stereocenters. The summed E-state index contributed by atoms with van der Waals surface area (Å²) >= 11 is 5.53. The summed E-state index contributed by atoms with van der Waals surface area (Å²) in [6.45, 7) is 1.19. The van der Waals surface area contributed by atoms with E-state index in [1.807, 2.05) is 35.2 Å². The molecular formula is C19H22ClFN2O. The number of halogens is 2. The molecule has 0 saturated carbocycles. The van der Waals surface area contributed by atoms with Gasteiger partial charge >= 0.3 is 0 Å². The van der Waals surface area contributed by atoms with Crippen molar-refractivity contribution in [3.05, 3.63) is 64.9 Å². The second-order valence-electron chi connectivity index (χ2n) is 5.67. The van der Waals surface area contributed by atoms with Crippen LogP contribution in [0.4, 0.5) is 10.1 Å². The molecule has 0 bridgehead atoms. The van der Waals surface area contributed by atoms with Gasteiger partial charge in [0.25, 0.3) is 0 Å². The van der Waals surface area contributed by atoms with Crippen molar-refractivity contribution in [3.8, 4) is 0 Å². The van der Waals surface area contributed by atoms with Crippen LogP contribution in [0.3, 0.4) is 0 Å². The first-order valence-corrected chi connectivity index (χ1v) is 8.48. The number of para-hydroxylation sites is 1. The van der Waals surface area contributed by atoms with Crippen LogP contribution in [0.25, 0.3) is 0 Å². The van der Waals surface area contributed by atoms with Crippen LogP contribution in [0.15, 0.2) is 48.5 Å². The Bertz CT molecular complexity index is 643. The number of nitrogens with zero attached hydrogens (tertiary/aromatic N) is 1. The molecule has 2 N–H and O–H groups in total. The van der Waals surface area contributed by atoms with Crippen molar-refractivity contribution >= 4 is 23.2 Å². The lowest BCUT2D eigenvalue weighted by Crippen LogP contribution is -2.29. The zero-order valence-electron chi connectivity index (χ0n) is 13.6. The third kappa shape index (κ3) is 5.62. The molecule has 1 saturated heterocycles. The minimum Gasteiger partial charge on any atom is -0.326 e. The SMILES string of the molecule is NCc1cc(F)cc(Cl)c1.O=C1CCCCCN1c1ccccc1. The molecule has 2 aromatic rings. The van der Waals surface area contributed by atoms with Crippen LogP contribution < -0.4 is 10.6 Å². The molecule has 0 spiro atoms. The van der Waals surface area contributed by atoms with Gasteiger partial charge in [-0.1, -0.05) is 36.2 Å². The Hall–Kier alpha value is -1.91. The van der Waals surface area contributed by atoms with E-state index < -0.39 is 0 Å². The van der Waals surface area contributed by atoms with Crippen LogP contribution in [-0.4, -0.2) is 12.5 Å². The normalized spacial score (nSPS) is 14.6. The number of carbonyl (C=O) groups excluding carboxylic acids is 1. The Labute approximate surface area is 147 Å². The number of nitrogens with two attached hydrogens (primary N) is 1. The summed E-state index contributed by atoms with van der Waals surface area (Å²) in [5, 5.41) is 0.389. The molecule has 1 fully saturated rings. The van der Waals surface area contributed by atoms with Crippen LogP contribution in [0, 0.1) is 5.82 Å². The van der Waals surface area contributed by atoms with E-state index in [4.69, 9.17) is 17.3 Å². The molecule has 1 amide bonds. The van der Waals surface area contributed by atoms with Crippen LogP contribution in [-0.2, 0) is 11.3 Å². The summed E-state index contributed by atoms with van der Waals surface area (Å²) < 4.78 is 12.5. The molecule has 0 aromatic heterocycles. The lowest BCUT2D eigenvalue weighted by atomic mass is 10.2. The predicted molar refractivity (Wildman–Crippen MR) is 96.6 cm³/mol. The largest absolute Gasteiger partial charge is 0.326 e. The van der Waals surface area contributed by atoms with E-state index in [1.165, 1.54) is 18.6 Å². The fourth-order valence-corrected chi connectivity index (χ4v) is 2.84. The van der Waals surface area contributed by atoms with Crippen LogP contribution in [0.5, 0.6) is 0 Å². The lowest BCUT2D eigenvalue weighted by molar-refractivity contribution is -0.118. The van der Waals surface area contributed by atoms with E-state index >= 15 is 0 Å².